The summed E-state index contributed by atoms with van der Waals surface area (Å²) in [4.78, 5) is 2.34. The Balaban J connectivity index is 2.07. The minimum absolute atomic E-state index is 0.254. The molecule has 2 rings (SSSR count). The van der Waals surface area contributed by atoms with Crippen LogP contribution in [0.2, 0.25) is 0 Å². The van der Waals surface area contributed by atoms with Gasteiger partial charge < -0.3 is 0 Å². The lowest BCUT2D eigenvalue weighted by atomic mass is 10.1. The first-order valence-electron chi connectivity index (χ1n) is 6.70. The molecule has 0 N–H and O–H groups in total. The molecule has 0 atom stereocenters. The molecule has 1 saturated heterocycles. The van der Waals surface area contributed by atoms with Gasteiger partial charge in [0.05, 0.1) is 11.6 Å². The average molecular weight is 246 g/mol. The van der Waals surface area contributed by atoms with E-state index in [0.29, 0.717) is 12.1 Å². The summed E-state index contributed by atoms with van der Waals surface area (Å²) in [6.07, 6.45) is 6.31. The van der Waals surface area contributed by atoms with Crippen LogP contribution in [0.25, 0.3) is 0 Å². The number of halogens is 1. The van der Waals surface area contributed by atoms with Crippen LogP contribution in [0.4, 0.5) is 4.39 Å². The van der Waals surface area contributed by atoms with Gasteiger partial charge in [0, 0.05) is 6.54 Å². The van der Waals surface area contributed by atoms with Crippen LogP contribution >= 0.6 is 0 Å². The highest BCUT2D eigenvalue weighted by molar-refractivity contribution is 5.37. The van der Waals surface area contributed by atoms with Crippen LogP contribution in [0, 0.1) is 17.1 Å². The Morgan fingerprint density at radius 2 is 1.78 bits per heavy atom. The van der Waals surface area contributed by atoms with Crippen molar-refractivity contribution in [2.75, 3.05) is 13.1 Å². The Morgan fingerprint density at radius 3 is 2.44 bits per heavy atom. The monoisotopic (exact) mass is 246 g/mol. The van der Waals surface area contributed by atoms with Gasteiger partial charge in [-0.05, 0) is 49.7 Å². The molecule has 0 radical (unpaired) electrons. The minimum Gasteiger partial charge on any atom is -0.299 e. The van der Waals surface area contributed by atoms with E-state index in [1.54, 1.807) is 6.07 Å². The maximum absolute atomic E-state index is 13.3. The molecule has 0 unspecified atom stereocenters. The van der Waals surface area contributed by atoms with Crippen LogP contribution < -0.4 is 0 Å². The Hall–Kier alpha value is -1.40. The highest BCUT2D eigenvalue weighted by Crippen LogP contribution is 2.16. The summed E-state index contributed by atoms with van der Waals surface area (Å²) in [6.45, 7) is 2.81. The number of benzene rings is 1. The van der Waals surface area contributed by atoms with Gasteiger partial charge in [-0.25, -0.2) is 4.39 Å². The molecule has 18 heavy (non-hydrogen) atoms. The van der Waals surface area contributed by atoms with Crippen molar-refractivity contribution in [1.82, 2.24) is 4.90 Å². The highest BCUT2D eigenvalue weighted by Gasteiger charge is 2.11. The SMILES string of the molecule is N#Cc1ccc(F)cc1CN1CCCCCCC1. The normalized spacial score (nSPS) is 17.8. The van der Waals surface area contributed by atoms with Crippen LogP contribution in [0.3, 0.4) is 0 Å². The van der Waals surface area contributed by atoms with E-state index in [4.69, 9.17) is 5.26 Å². The molecule has 0 aliphatic carbocycles. The highest BCUT2D eigenvalue weighted by atomic mass is 19.1. The van der Waals surface area contributed by atoms with E-state index >= 15 is 0 Å². The first kappa shape index (κ1) is 13.0. The number of nitriles is 1. The van der Waals surface area contributed by atoms with Crippen molar-refractivity contribution in [3.05, 3.63) is 35.1 Å². The van der Waals surface area contributed by atoms with Gasteiger partial charge in [0.2, 0.25) is 0 Å². The third-order valence-electron chi connectivity index (χ3n) is 3.53. The molecule has 0 bridgehead atoms. The van der Waals surface area contributed by atoms with E-state index in [9.17, 15) is 4.39 Å². The lowest BCUT2D eigenvalue weighted by molar-refractivity contribution is 0.239. The van der Waals surface area contributed by atoms with Crippen molar-refractivity contribution in [3.63, 3.8) is 0 Å². The predicted octanol–water partition coefficient (Wildman–Crippen LogP) is 3.46. The van der Waals surface area contributed by atoms with Gasteiger partial charge in [0.15, 0.2) is 0 Å². The van der Waals surface area contributed by atoms with E-state index in [2.05, 4.69) is 11.0 Å². The molecule has 96 valence electrons. The second-order valence-electron chi connectivity index (χ2n) is 4.96. The van der Waals surface area contributed by atoms with Gasteiger partial charge in [0.25, 0.3) is 0 Å². The quantitative estimate of drug-likeness (QED) is 0.799. The van der Waals surface area contributed by atoms with Gasteiger partial charge >= 0.3 is 0 Å². The van der Waals surface area contributed by atoms with Crippen molar-refractivity contribution in [3.8, 4) is 6.07 Å². The summed E-state index contributed by atoms with van der Waals surface area (Å²) in [5.74, 6) is -0.254. The number of likely N-dealkylation sites (tertiary alicyclic amines) is 1. The zero-order valence-electron chi connectivity index (χ0n) is 10.7. The van der Waals surface area contributed by atoms with Crippen molar-refractivity contribution in [2.45, 2.75) is 38.6 Å². The van der Waals surface area contributed by atoms with Gasteiger partial charge in [-0.1, -0.05) is 19.3 Å². The van der Waals surface area contributed by atoms with E-state index in [1.807, 2.05) is 0 Å². The minimum atomic E-state index is -0.254. The van der Waals surface area contributed by atoms with Crippen molar-refractivity contribution in [2.24, 2.45) is 0 Å². The lowest BCUT2D eigenvalue weighted by Crippen LogP contribution is -2.27. The second kappa shape index (κ2) is 6.51. The number of rotatable bonds is 2. The first-order chi connectivity index (χ1) is 8.79. The predicted molar refractivity (Wildman–Crippen MR) is 69.5 cm³/mol. The number of hydrogen-bond acceptors (Lipinski definition) is 2. The number of hydrogen-bond donors (Lipinski definition) is 0. The Bertz CT molecular complexity index is 429. The summed E-state index contributed by atoms with van der Waals surface area (Å²) < 4.78 is 13.3. The summed E-state index contributed by atoms with van der Waals surface area (Å²) in [6, 6.07) is 6.58. The van der Waals surface area contributed by atoms with Gasteiger partial charge in [-0.3, -0.25) is 4.90 Å². The standard InChI is InChI=1S/C15H19FN2/c16-15-7-6-13(11-17)14(10-15)12-18-8-4-2-1-3-5-9-18/h6-7,10H,1-5,8-9,12H2. The maximum atomic E-state index is 13.3. The van der Waals surface area contributed by atoms with E-state index in [0.717, 1.165) is 18.7 Å². The smallest absolute Gasteiger partial charge is 0.123 e. The summed E-state index contributed by atoms with van der Waals surface area (Å²) in [7, 11) is 0. The van der Waals surface area contributed by atoms with Crippen molar-refractivity contribution in [1.29, 1.82) is 5.26 Å². The van der Waals surface area contributed by atoms with Crippen LogP contribution in [-0.2, 0) is 6.54 Å². The van der Waals surface area contributed by atoms with Gasteiger partial charge in [-0.15, -0.1) is 0 Å². The molecule has 1 aliphatic rings. The summed E-state index contributed by atoms with van der Waals surface area (Å²) >= 11 is 0. The molecule has 0 amide bonds. The van der Waals surface area contributed by atoms with Crippen molar-refractivity contribution < 1.29 is 4.39 Å². The molecule has 1 fully saturated rings. The molecule has 1 aromatic carbocycles. The molecule has 3 heteroatoms. The molecule has 1 aliphatic heterocycles. The van der Waals surface area contributed by atoms with E-state index in [-0.39, 0.29) is 5.82 Å². The third-order valence-corrected chi connectivity index (χ3v) is 3.53. The molecule has 0 spiro atoms. The number of nitrogens with zero attached hydrogens (tertiary/aromatic N) is 2. The van der Waals surface area contributed by atoms with Crippen LogP contribution in [0.1, 0.15) is 43.2 Å². The molecular formula is C15H19FN2. The lowest BCUT2D eigenvalue weighted by Gasteiger charge is -2.24. The third kappa shape index (κ3) is 3.54. The van der Waals surface area contributed by atoms with Crippen molar-refractivity contribution >= 4 is 0 Å². The van der Waals surface area contributed by atoms with Crippen LogP contribution in [0.5, 0.6) is 0 Å². The second-order valence-corrected chi connectivity index (χ2v) is 4.96. The average Bonchev–Trinajstić information content (AvgIpc) is 2.33. The van der Waals surface area contributed by atoms with Gasteiger partial charge in [0.1, 0.15) is 5.82 Å². The Kier molecular flexibility index (Phi) is 4.72. The molecular weight excluding hydrogens is 227 g/mol. The largest absolute Gasteiger partial charge is 0.299 e. The fraction of sp³-hybridized carbons (Fsp3) is 0.533. The zero-order valence-corrected chi connectivity index (χ0v) is 10.7. The Labute approximate surface area is 108 Å². The molecule has 1 aromatic rings. The molecule has 0 aromatic heterocycles. The van der Waals surface area contributed by atoms with Crippen LogP contribution in [0.15, 0.2) is 18.2 Å². The summed E-state index contributed by atoms with van der Waals surface area (Å²) in [5.41, 5.74) is 1.41. The maximum Gasteiger partial charge on any atom is 0.123 e. The topological polar surface area (TPSA) is 27.0 Å². The van der Waals surface area contributed by atoms with E-state index < -0.39 is 0 Å². The summed E-state index contributed by atoms with van der Waals surface area (Å²) in [5, 5.41) is 9.05. The van der Waals surface area contributed by atoms with E-state index in [1.165, 1.54) is 44.2 Å². The molecule has 0 saturated carbocycles. The van der Waals surface area contributed by atoms with Gasteiger partial charge in [-0.2, -0.15) is 5.26 Å². The molecule has 2 nitrogen and oxygen atoms in total. The fourth-order valence-corrected chi connectivity index (χ4v) is 2.51. The van der Waals surface area contributed by atoms with Crippen LogP contribution in [-0.4, -0.2) is 18.0 Å². The first-order valence-corrected chi connectivity index (χ1v) is 6.70. The fourth-order valence-electron chi connectivity index (χ4n) is 2.51. The molecule has 1 heterocycles. The Morgan fingerprint density at radius 1 is 1.11 bits per heavy atom. The zero-order chi connectivity index (χ0) is 12.8.